The minimum atomic E-state index is 0.0325. The second-order valence-electron chi connectivity index (χ2n) is 7.40. The van der Waals surface area contributed by atoms with Crippen LogP contribution in [0, 0.1) is 5.92 Å². The minimum Gasteiger partial charge on any atom is -0.353 e. The molecule has 4 heterocycles. The lowest BCUT2D eigenvalue weighted by atomic mass is 9.94. The fourth-order valence-corrected chi connectivity index (χ4v) is 4.16. The molecule has 2 aromatic rings. The van der Waals surface area contributed by atoms with Crippen LogP contribution in [-0.4, -0.2) is 52.2 Å². The van der Waals surface area contributed by atoms with Gasteiger partial charge in [-0.1, -0.05) is 30.3 Å². The van der Waals surface area contributed by atoms with E-state index >= 15 is 0 Å². The molecule has 0 saturated carbocycles. The van der Waals surface area contributed by atoms with Gasteiger partial charge in [-0.05, 0) is 18.8 Å². The Bertz CT molecular complexity index is 796. The van der Waals surface area contributed by atoms with Gasteiger partial charge in [-0.25, -0.2) is 4.98 Å². The van der Waals surface area contributed by atoms with Crippen LogP contribution in [-0.2, 0) is 4.79 Å². The van der Waals surface area contributed by atoms with Crippen molar-refractivity contribution in [1.29, 1.82) is 0 Å². The Hall–Kier alpha value is -2.76. The summed E-state index contributed by atoms with van der Waals surface area (Å²) < 4.78 is 0. The van der Waals surface area contributed by atoms with Crippen molar-refractivity contribution in [2.24, 2.45) is 5.92 Å². The molecule has 2 bridgehead atoms. The molecule has 0 aliphatic carbocycles. The molecule has 3 aliphatic rings. The number of fused-ring (bicyclic) bond motifs is 4. The quantitative estimate of drug-likeness (QED) is 0.763. The van der Waals surface area contributed by atoms with Gasteiger partial charge in [-0.3, -0.25) is 14.6 Å². The highest BCUT2D eigenvalue weighted by atomic mass is 16.2. The SMILES string of the molecule is O=C(CCC(=O)N1C[C@H]2CC[C@@H]1CN(c1cnccn1)C2)c1ccccc1. The summed E-state index contributed by atoms with van der Waals surface area (Å²) in [5.74, 6) is 1.45. The zero-order valence-corrected chi connectivity index (χ0v) is 15.3. The maximum Gasteiger partial charge on any atom is 0.223 e. The highest BCUT2D eigenvalue weighted by Gasteiger charge is 2.37. The van der Waals surface area contributed by atoms with E-state index in [2.05, 4.69) is 14.9 Å². The van der Waals surface area contributed by atoms with E-state index in [0.717, 1.165) is 38.3 Å². The zero-order chi connectivity index (χ0) is 18.6. The van der Waals surface area contributed by atoms with Crippen LogP contribution < -0.4 is 4.90 Å². The third-order valence-corrected chi connectivity index (χ3v) is 5.57. The molecule has 0 unspecified atom stereocenters. The van der Waals surface area contributed by atoms with Crippen molar-refractivity contribution in [2.75, 3.05) is 24.5 Å². The summed E-state index contributed by atoms with van der Waals surface area (Å²) in [6.07, 6.45) is 7.87. The summed E-state index contributed by atoms with van der Waals surface area (Å²) in [6.45, 7) is 2.47. The Labute approximate surface area is 159 Å². The molecule has 3 fully saturated rings. The summed E-state index contributed by atoms with van der Waals surface area (Å²) in [7, 11) is 0. The Morgan fingerprint density at radius 2 is 1.85 bits per heavy atom. The number of amides is 1. The number of ketones is 1. The predicted octanol–water partition coefficient (Wildman–Crippen LogP) is 2.57. The first-order chi connectivity index (χ1) is 13.2. The van der Waals surface area contributed by atoms with Crippen molar-refractivity contribution in [1.82, 2.24) is 14.9 Å². The van der Waals surface area contributed by atoms with Crippen molar-refractivity contribution in [3.63, 3.8) is 0 Å². The van der Waals surface area contributed by atoms with Crippen LogP contribution in [0.25, 0.3) is 0 Å². The van der Waals surface area contributed by atoms with E-state index in [9.17, 15) is 9.59 Å². The van der Waals surface area contributed by atoms with Crippen LogP contribution in [0.15, 0.2) is 48.9 Å². The van der Waals surface area contributed by atoms with E-state index in [1.54, 1.807) is 30.7 Å². The third-order valence-electron chi connectivity index (χ3n) is 5.57. The number of Topliss-reactive ketones (excluding diaryl/α,β-unsaturated/α-hetero) is 1. The first kappa shape index (κ1) is 17.6. The smallest absolute Gasteiger partial charge is 0.223 e. The van der Waals surface area contributed by atoms with Gasteiger partial charge in [0, 0.05) is 56.5 Å². The highest BCUT2D eigenvalue weighted by molar-refractivity contribution is 5.97. The Balaban J connectivity index is 1.39. The van der Waals surface area contributed by atoms with Crippen molar-refractivity contribution in [3.05, 3.63) is 54.5 Å². The first-order valence-electron chi connectivity index (χ1n) is 9.59. The largest absolute Gasteiger partial charge is 0.353 e. The van der Waals surface area contributed by atoms with Gasteiger partial charge in [-0.15, -0.1) is 0 Å². The monoisotopic (exact) mass is 364 g/mol. The predicted molar refractivity (Wildman–Crippen MR) is 102 cm³/mol. The number of piperidine rings is 1. The number of hydrogen-bond acceptors (Lipinski definition) is 5. The van der Waals surface area contributed by atoms with E-state index in [4.69, 9.17) is 0 Å². The molecule has 0 spiro atoms. The molecule has 1 aromatic carbocycles. The van der Waals surface area contributed by atoms with Crippen molar-refractivity contribution < 1.29 is 9.59 Å². The summed E-state index contributed by atoms with van der Waals surface area (Å²) in [6, 6.07) is 9.39. The molecule has 140 valence electrons. The Morgan fingerprint density at radius 3 is 2.63 bits per heavy atom. The summed E-state index contributed by atoms with van der Waals surface area (Å²) >= 11 is 0. The normalized spacial score (nSPS) is 21.8. The fraction of sp³-hybridized carbons (Fsp3) is 0.429. The lowest BCUT2D eigenvalue weighted by Crippen LogP contribution is -2.47. The van der Waals surface area contributed by atoms with E-state index in [0.29, 0.717) is 11.5 Å². The van der Waals surface area contributed by atoms with Crippen molar-refractivity contribution in [2.45, 2.75) is 31.7 Å². The number of anilines is 1. The first-order valence-corrected chi connectivity index (χ1v) is 9.59. The van der Waals surface area contributed by atoms with Crippen molar-refractivity contribution >= 4 is 17.5 Å². The average molecular weight is 364 g/mol. The Morgan fingerprint density at radius 1 is 1.00 bits per heavy atom. The van der Waals surface area contributed by atoms with Crippen LogP contribution >= 0.6 is 0 Å². The molecule has 27 heavy (non-hydrogen) atoms. The van der Waals surface area contributed by atoms with E-state index in [-0.39, 0.29) is 30.6 Å². The number of aromatic nitrogens is 2. The number of carbonyl (C=O) groups excluding carboxylic acids is 2. The second-order valence-corrected chi connectivity index (χ2v) is 7.40. The maximum absolute atomic E-state index is 12.8. The van der Waals surface area contributed by atoms with Crippen LogP contribution in [0.3, 0.4) is 0 Å². The third kappa shape index (κ3) is 3.99. The Kier molecular flexibility index (Phi) is 5.14. The molecular formula is C21H24N4O2. The van der Waals surface area contributed by atoms with Crippen LogP contribution in [0.1, 0.15) is 36.0 Å². The van der Waals surface area contributed by atoms with Crippen LogP contribution in [0.5, 0.6) is 0 Å². The van der Waals surface area contributed by atoms with E-state index < -0.39 is 0 Å². The van der Waals surface area contributed by atoms with Gasteiger partial charge in [-0.2, -0.15) is 0 Å². The number of nitrogens with zero attached hydrogens (tertiary/aromatic N) is 4. The van der Waals surface area contributed by atoms with Gasteiger partial charge < -0.3 is 9.80 Å². The lowest BCUT2D eigenvalue weighted by Gasteiger charge is -2.36. The number of carbonyl (C=O) groups is 2. The molecule has 6 nitrogen and oxygen atoms in total. The number of hydrogen-bond donors (Lipinski definition) is 0. The minimum absolute atomic E-state index is 0.0325. The molecule has 3 aliphatic heterocycles. The maximum atomic E-state index is 12.8. The van der Waals surface area contributed by atoms with Gasteiger partial charge >= 0.3 is 0 Å². The van der Waals surface area contributed by atoms with Gasteiger partial charge in [0.1, 0.15) is 5.82 Å². The molecule has 3 saturated heterocycles. The molecule has 0 radical (unpaired) electrons. The second kappa shape index (κ2) is 7.86. The standard InChI is InChI=1S/C21H24N4O2/c26-19(17-4-2-1-3-5-17)8-9-21(27)25-14-16-6-7-18(25)15-24(13-16)20-12-22-10-11-23-20/h1-5,10-12,16,18H,6-9,13-15H2/t16-,18+/m0/s1. The average Bonchev–Trinajstić information content (AvgIpc) is 3.05. The topological polar surface area (TPSA) is 66.4 Å². The van der Waals surface area contributed by atoms with Gasteiger partial charge in [0.15, 0.2) is 5.78 Å². The molecule has 5 rings (SSSR count). The summed E-state index contributed by atoms with van der Waals surface area (Å²) in [5.41, 5.74) is 0.677. The lowest BCUT2D eigenvalue weighted by molar-refractivity contribution is -0.135. The number of benzene rings is 1. The molecule has 1 amide bonds. The molecule has 2 atom stereocenters. The molecular weight excluding hydrogens is 340 g/mol. The summed E-state index contributed by atoms with van der Waals surface area (Å²) in [5, 5.41) is 0. The summed E-state index contributed by atoms with van der Waals surface area (Å²) in [4.78, 5) is 38.0. The van der Waals surface area contributed by atoms with Crippen molar-refractivity contribution in [3.8, 4) is 0 Å². The van der Waals surface area contributed by atoms with E-state index in [1.165, 1.54) is 0 Å². The molecule has 1 aromatic heterocycles. The highest BCUT2D eigenvalue weighted by Crippen LogP contribution is 2.30. The van der Waals surface area contributed by atoms with Gasteiger partial charge in [0.2, 0.25) is 5.91 Å². The zero-order valence-electron chi connectivity index (χ0n) is 15.3. The fourth-order valence-electron chi connectivity index (χ4n) is 4.16. The van der Waals surface area contributed by atoms with Crippen LogP contribution in [0.4, 0.5) is 5.82 Å². The van der Waals surface area contributed by atoms with Gasteiger partial charge in [0.25, 0.3) is 0 Å². The molecule has 6 heteroatoms. The van der Waals surface area contributed by atoms with Crippen LogP contribution in [0.2, 0.25) is 0 Å². The number of rotatable bonds is 5. The molecule has 0 N–H and O–H groups in total. The van der Waals surface area contributed by atoms with E-state index in [1.807, 2.05) is 23.1 Å². The van der Waals surface area contributed by atoms with Gasteiger partial charge in [0.05, 0.1) is 6.20 Å².